The Bertz CT molecular complexity index is 187. The zero-order valence-corrected chi connectivity index (χ0v) is 7.29. The van der Waals surface area contributed by atoms with Gasteiger partial charge in [-0.2, -0.15) is 0 Å². The van der Waals surface area contributed by atoms with Gasteiger partial charge in [0.05, 0.1) is 0 Å². The van der Waals surface area contributed by atoms with E-state index < -0.39 is 5.97 Å². The Hall–Kier alpha value is -1.32. The van der Waals surface area contributed by atoms with Crippen LogP contribution in [-0.2, 0) is 14.3 Å². The molecule has 0 heterocycles. The van der Waals surface area contributed by atoms with Crippen LogP contribution in [0.3, 0.4) is 0 Å². The third-order valence-corrected chi connectivity index (χ3v) is 1.06. The Kier molecular flexibility index (Phi) is 5.69. The van der Waals surface area contributed by atoms with Crippen molar-refractivity contribution in [3.05, 3.63) is 12.2 Å². The van der Waals surface area contributed by atoms with E-state index in [-0.39, 0.29) is 19.1 Å². The summed E-state index contributed by atoms with van der Waals surface area (Å²) in [6.45, 7) is 3.38. The normalized spacial score (nSPS) is 9.83. The molecule has 0 radical (unpaired) electrons. The summed E-state index contributed by atoms with van der Waals surface area (Å²) in [4.78, 5) is 21.1. The predicted octanol–water partition coefficient (Wildman–Crippen LogP) is 0.242. The van der Waals surface area contributed by atoms with Crippen LogP contribution in [0.25, 0.3) is 0 Å². The summed E-state index contributed by atoms with van der Waals surface area (Å²) < 4.78 is 4.69. The second kappa shape index (κ2) is 6.39. The molecular formula is C8H13NO3. The van der Waals surface area contributed by atoms with Crippen LogP contribution in [0.4, 0.5) is 0 Å². The molecule has 1 N–H and O–H groups in total. The van der Waals surface area contributed by atoms with Gasteiger partial charge in [-0.3, -0.25) is 9.59 Å². The maximum atomic E-state index is 10.8. The Morgan fingerprint density at radius 3 is 2.67 bits per heavy atom. The zero-order chi connectivity index (χ0) is 9.40. The first kappa shape index (κ1) is 10.7. The van der Waals surface area contributed by atoms with Gasteiger partial charge in [0.2, 0.25) is 5.91 Å². The summed E-state index contributed by atoms with van der Waals surface area (Å²) >= 11 is 0. The maximum Gasteiger partial charge on any atom is 0.325 e. The smallest absolute Gasteiger partial charge is 0.325 e. The summed E-state index contributed by atoms with van der Waals surface area (Å²) in [6.07, 6.45) is 3.50. The SMILES string of the molecule is C/C=C/COC(=O)CNC(C)=O. The van der Waals surface area contributed by atoms with E-state index in [9.17, 15) is 9.59 Å². The number of rotatable bonds is 4. The van der Waals surface area contributed by atoms with Crippen molar-refractivity contribution in [1.82, 2.24) is 5.32 Å². The standard InChI is InChI=1S/C8H13NO3/c1-3-4-5-12-8(11)6-9-7(2)10/h3-4H,5-6H2,1-2H3,(H,9,10)/b4-3+. The van der Waals surface area contributed by atoms with Gasteiger partial charge in [0.15, 0.2) is 0 Å². The van der Waals surface area contributed by atoms with E-state index in [1.807, 2.05) is 6.92 Å². The van der Waals surface area contributed by atoms with E-state index in [1.165, 1.54) is 6.92 Å². The lowest BCUT2D eigenvalue weighted by Crippen LogP contribution is -2.28. The average Bonchev–Trinajstić information content (AvgIpc) is 2.01. The van der Waals surface area contributed by atoms with Crippen molar-refractivity contribution in [3.63, 3.8) is 0 Å². The first-order chi connectivity index (χ1) is 5.66. The molecular weight excluding hydrogens is 158 g/mol. The minimum Gasteiger partial charge on any atom is -0.460 e. The van der Waals surface area contributed by atoms with Gasteiger partial charge in [0.1, 0.15) is 13.2 Å². The monoisotopic (exact) mass is 171 g/mol. The second-order valence-electron chi connectivity index (χ2n) is 2.16. The first-order valence-electron chi connectivity index (χ1n) is 3.68. The van der Waals surface area contributed by atoms with E-state index in [1.54, 1.807) is 12.2 Å². The summed E-state index contributed by atoms with van der Waals surface area (Å²) in [6, 6.07) is 0. The molecule has 0 aliphatic carbocycles. The second-order valence-corrected chi connectivity index (χ2v) is 2.16. The molecule has 68 valence electrons. The molecule has 0 aliphatic heterocycles. The molecule has 0 aromatic rings. The number of hydrogen-bond acceptors (Lipinski definition) is 3. The molecule has 0 bridgehead atoms. The molecule has 0 atom stereocenters. The van der Waals surface area contributed by atoms with Crippen LogP contribution in [0, 0.1) is 0 Å². The molecule has 0 spiro atoms. The predicted molar refractivity (Wildman–Crippen MR) is 44.5 cm³/mol. The van der Waals surface area contributed by atoms with Crippen LogP contribution in [-0.4, -0.2) is 25.0 Å². The minimum absolute atomic E-state index is 0.0626. The maximum absolute atomic E-state index is 10.8. The molecule has 12 heavy (non-hydrogen) atoms. The van der Waals surface area contributed by atoms with Gasteiger partial charge in [0, 0.05) is 6.92 Å². The number of hydrogen-bond donors (Lipinski definition) is 1. The van der Waals surface area contributed by atoms with Gasteiger partial charge in [-0.25, -0.2) is 0 Å². The van der Waals surface area contributed by atoms with Crippen molar-refractivity contribution in [3.8, 4) is 0 Å². The van der Waals surface area contributed by atoms with Crippen LogP contribution in [0.5, 0.6) is 0 Å². The third kappa shape index (κ3) is 6.80. The number of esters is 1. The highest BCUT2D eigenvalue weighted by Gasteiger charge is 2.00. The highest BCUT2D eigenvalue weighted by Crippen LogP contribution is 1.78. The molecule has 1 amide bonds. The van der Waals surface area contributed by atoms with Crippen molar-refractivity contribution in [2.45, 2.75) is 13.8 Å². The first-order valence-corrected chi connectivity index (χ1v) is 3.68. The Balaban J connectivity index is 3.40. The Morgan fingerprint density at radius 2 is 2.17 bits per heavy atom. The van der Waals surface area contributed by atoms with Gasteiger partial charge in [-0.15, -0.1) is 0 Å². The molecule has 0 rings (SSSR count). The largest absolute Gasteiger partial charge is 0.460 e. The number of allylic oxidation sites excluding steroid dienone is 1. The summed E-state index contributed by atoms with van der Waals surface area (Å²) in [5.74, 6) is -0.665. The molecule has 0 unspecified atom stereocenters. The number of amides is 1. The fourth-order valence-electron chi connectivity index (χ4n) is 0.485. The van der Waals surface area contributed by atoms with E-state index >= 15 is 0 Å². The Morgan fingerprint density at radius 1 is 1.50 bits per heavy atom. The summed E-state index contributed by atoms with van der Waals surface area (Å²) in [5, 5.41) is 2.33. The van der Waals surface area contributed by atoms with E-state index in [4.69, 9.17) is 4.74 Å². The van der Waals surface area contributed by atoms with Gasteiger partial charge in [-0.1, -0.05) is 12.2 Å². The van der Waals surface area contributed by atoms with Gasteiger partial charge >= 0.3 is 5.97 Å². The molecule has 0 saturated heterocycles. The van der Waals surface area contributed by atoms with E-state index in [0.29, 0.717) is 0 Å². The van der Waals surface area contributed by atoms with Crippen LogP contribution < -0.4 is 5.32 Å². The fourth-order valence-corrected chi connectivity index (χ4v) is 0.485. The lowest BCUT2D eigenvalue weighted by atomic mass is 10.5. The molecule has 0 aliphatic rings. The van der Waals surface area contributed by atoms with E-state index in [2.05, 4.69) is 5.32 Å². The van der Waals surface area contributed by atoms with Gasteiger partial charge < -0.3 is 10.1 Å². The molecule has 0 fully saturated rings. The lowest BCUT2D eigenvalue weighted by Gasteiger charge is -2.01. The van der Waals surface area contributed by atoms with Gasteiger partial charge in [0.25, 0.3) is 0 Å². The van der Waals surface area contributed by atoms with Crippen molar-refractivity contribution in [1.29, 1.82) is 0 Å². The van der Waals surface area contributed by atoms with Crippen LogP contribution in [0.2, 0.25) is 0 Å². The number of nitrogens with one attached hydrogen (secondary N) is 1. The van der Waals surface area contributed by atoms with Crippen LogP contribution in [0.1, 0.15) is 13.8 Å². The number of ether oxygens (including phenoxy) is 1. The molecule has 4 nitrogen and oxygen atoms in total. The molecule has 4 heteroatoms. The van der Waals surface area contributed by atoms with Crippen molar-refractivity contribution >= 4 is 11.9 Å². The number of carbonyl (C=O) groups excluding carboxylic acids is 2. The Labute approximate surface area is 71.6 Å². The fraction of sp³-hybridized carbons (Fsp3) is 0.500. The van der Waals surface area contributed by atoms with Crippen LogP contribution >= 0.6 is 0 Å². The molecule has 0 saturated carbocycles. The lowest BCUT2D eigenvalue weighted by molar-refractivity contribution is -0.142. The van der Waals surface area contributed by atoms with Gasteiger partial charge in [-0.05, 0) is 6.92 Å². The quantitative estimate of drug-likeness (QED) is 0.487. The average molecular weight is 171 g/mol. The summed E-state index contributed by atoms with van der Waals surface area (Å²) in [7, 11) is 0. The summed E-state index contributed by atoms with van der Waals surface area (Å²) in [5.41, 5.74) is 0. The van der Waals surface area contributed by atoms with E-state index in [0.717, 1.165) is 0 Å². The van der Waals surface area contributed by atoms with Crippen molar-refractivity contribution in [2.75, 3.05) is 13.2 Å². The third-order valence-electron chi connectivity index (χ3n) is 1.06. The highest BCUT2D eigenvalue weighted by atomic mass is 16.5. The number of carbonyl (C=O) groups is 2. The van der Waals surface area contributed by atoms with Crippen LogP contribution in [0.15, 0.2) is 12.2 Å². The van der Waals surface area contributed by atoms with Crippen molar-refractivity contribution < 1.29 is 14.3 Å². The minimum atomic E-state index is -0.427. The molecule has 0 aromatic carbocycles. The zero-order valence-electron chi connectivity index (χ0n) is 7.29. The molecule has 0 aromatic heterocycles. The van der Waals surface area contributed by atoms with Crippen molar-refractivity contribution in [2.24, 2.45) is 0 Å². The highest BCUT2D eigenvalue weighted by molar-refractivity contribution is 5.80. The topological polar surface area (TPSA) is 55.4 Å².